The minimum absolute atomic E-state index is 0.0886. The number of hydrogen-bond acceptors (Lipinski definition) is 6. The highest BCUT2D eigenvalue weighted by Gasteiger charge is 2.20. The number of primary amides is 1. The van der Waals surface area contributed by atoms with Crippen LogP contribution >= 0.6 is 0 Å². The maximum absolute atomic E-state index is 12.0. The molecule has 168 valence electrons. The number of aliphatic hydroxyl groups is 1. The predicted octanol–water partition coefficient (Wildman–Crippen LogP) is 2.15. The van der Waals surface area contributed by atoms with Crippen molar-refractivity contribution in [3.05, 3.63) is 66.4 Å². The molecule has 0 aliphatic heterocycles. The largest absolute Gasteiger partial charge is 0.497 e. The van der Waals surface area contributed by atoms with Crippen molar-refractivity contribution in [3.8, 4) is 29.0 Å². The molecule has 0 unspecified atom stereocenters. The Morgan fingerprint density at radius 2 is 2.09 bits per heavy atom. The molecule has 8 heteroatoms. The number of rotatable bonds is 8. The van der Waals surface area contributed by atoms with E-state index < -0.39 is 11.5 Å². The summed E-state index contributed by atoms with van der Waals surface area (Å²) in [4.78, 5) is 33.2. The van der Waals surface area contributed by atoms with Gasteiger partial charge in [0.2, 0.25) is 6.41 Å². The van der Waals surface area contributed by atoms with E-state index in [1.807, 2.05) is 0 Å². The van der Waals surface area contributed by atoms with Gasteiger partial charge >= 0.3 is 0 Å². The molecule has 1 atom stereocenters. The first-order valence-electron chi connectivity index (χ1n) is 10.1. The molecule has 0 spiro atoms. The van der Waals surface area contributed by atoms with E-state index in [0.29, 0.717) is 46.6 Å². The minimum Gasteiger partial charge on any atom is -0.497 e. The van der Waals surface area contributed by atoms with Gasteiger partial charge in [-0.1, -0.05) is 30.6 Å². The van der Waals surface area contributed by atoms with Crippen molar-refractivity contribution >= 4 is 23.2 Å². The lowest BCUT2D eigenvalue weighted by molar-refractivity contribution is -0.117. The van der Waals surface area contributed by atoms with Crippen LogP contribution in [0.3, 0.4) is 0 Å². The topological polar surface area (TPSA) is 119 Å². The van der Waals surface area contributed by atoms with E-state index in [4.69, 9.17) is 10.5 Å². The lowest BCUT2D eigenvalue weighted by atomic mass is 9.99. The molecule has 1 aromatic heterocycles. The summed E-state index contributed by atoms with van der Waals surface area (Å²) < 4.78 is 5.22. The number of carbonyl (C=O) groups is 2. The van der Waals surface area contributed by atoms with Gasteiger partial charge in [-0.15, -0.1) is 0 Å². The number of nitrogens with zero attached hydrogens (tertiary/aromatic N) is 3. The lowest BCUT2D eigenvalue weighted by Crippen LogP contribution is -2.30. The Kier molecular flexibility index (Phi) is 7.06. The number of amides is 2. The van der Waals surface area contributed by atoms with Gasteiger partial charge in [-0.3, -0.25) is 9.59 Å². The van der Waals surface area contributed by atoms with E-state index in [-0.39, 0.29) is 12.1 Å². The summed E-state index contributed by atoms with van der Waals surface area (Å²) in [6.07, 6.45) is 2.25. The zero-order chi connectivity index (χ0) is 24.0. The van der Waals surface area contributed by atoms with E-state index in [0.717, 1.165) is 0 Å². The summed E-state index contributed by atoms with van der Waals surface area (Å²) in [5.74, 6) is 5.95. The smallest absolute Gasteiger partial charge is 0.268 e. The van der Waals surface area contributed by atoms with Crippen molar-refractivity contribution in [2.45, 2.75) is 12.0 Å². The zero-order valence-corrected chi connectivity index (χ0v) is 18.4. The SMILES string of the molecule is C=C[C@](O)(C#Cc1cccc(-c2nc(C(N)=O)c3cc(OC)ccc3n2)c1)CCN(C)C=O. The number of aromatic nitrogens is 2. The van der Waals surface area contributed by atoms with Crippen LogP contribution in [-0.2, 0) is 4.79 Å². The quantitative estimate of drug-likeness (QED) is 0.312. The van der Waals surface area contributed by atoms with Gasteiger partial charge in [0.05, 0.1) is 12.6 Å². The van der Waals surface area contributed by atoms with E-state index in [9.17, 15) is 14.7 Å². The highest BCUT2D eigenvalue weighted by atomic mass is 16.5. The molecule has 0 fully saturated rings. The number of fused-ring (bicyclic) bond motifs is 1. The number of methoxy groups -OCH3 is 1. The van der Waals surface area contributed by atoms with Crippen molar-refractivity contribution < 1.29 is 19.4 Å². The zero-order valence-electron chi connectivity index (χ0n) is 18.4. The molecule has 0 radical (unpaired) electrons. The number of ether oxygens (including phenoxy) is 1. The fraction of sp³-hybridized carbons (Fsp3) is 0.200. The first-order chi connectivity index (χ1) is 15.8. The highest BCUT2D eigenvalue weighted by molar-refractivity contribution is 6.04. The van der Waals surface area contributed by atoms with E-state index >= 15 is 0 Å². The molecule has 3 rings (SSSR count). The molecule has 1 heterocycles. The van der Waals surface area contributed by atoms with E-state index in [1.165, 1.54) is 18.1 Å². The maximum atomic E-state index is 12.0. The number of carbonyl (C=O) groups excluding carboxylic acids is 2. The van der Waals surface area contributed by atoms with Crippen molar-refractivity contribution in [1.82, 2.24) is 14.9 Å². The first-order valence-corrected chi connectivity index (χ1v) is 10.1. The molecule has 0 aliphatic rings. The Morgan fingerprint density at radius 3 is 2.76 bits per heavy atom. The van der Waals surface area contributed by atoms with E-state index in [2.05, 4.69) is 28.4 Å². The Bertz CT molecular complexity index is 1280. The van der Waals surface area contributed by atoms with Gasteiger partial charge < -0.3 is 20.5 Å². The second kappa shape index (κ2) is 9.94. The Labute approximate surface area is 191 Å². The third kappa shape index (κ3) is 5.53. The third-order valence-electron chi connectivity index (χ3n) is 5.04. The van der Waals surface area contributed by atoms with Gasteiger partial charge in [-0.05, 0) is 36.4 Å². The molecule has 0 saturated heterocycles. The second-order valence-corrected chi connectivity index (χ2v) is 7.44. The van der Waals surface area contributed by atoms with E-state index in [1.54, 1.807) is 49.5 Å². The normalized spacial score (nSPS) is 12.2. The molecule has 3 aromatic rings. The molecular weight excluding hydrogens is 420 g/mol. The Morgan fingerprint density at radius 1 is 1.30 bits per heavy atom. The van der Waals surface area contributed by atoms with Gasteiger partial charge in [0.15, 0.2) is 5.82 Å². The molecular formula is C25H24N4O4. The van der Waals surface area contributed by atoms with Crippen LogP contribution in [0.4, 0.5) is 0 Å². The van der Waals surface area contributed by atoms with Crippen LogP contribution in [0.2, 0.25) is 0 Å². The fourth-order valence-electron chi connectivity index (χ4n) is 3.08. The van der Waals surface area contributed by atoms with Crippen molar-refractivity contribution in [2.75, 3.05) is 20.7 Å². The molecule has 0 saturated carbocycles. The van der Waals surface area contributed by atoms with Crippen molar-refractivity contribution in [3.63, 3.8) is 0 Å². The van der Waals surface area contributed by atoms with Crippen LogP contribution in [0.1, 0.15) is 22.5 Å². The molecule has 2 aromatic carbocycles. The van der Waals surface area contributed by atoms with Gasteiger partial charge in [0.1, 0.15) is 17.0 Å². The number of benzene rings is 2. The fourth-order valence-corrected chi connectivity index (χ4v) is 3.08. The van der Waals surface area contributed by atoms with Crippen molar-refractivity contribution in [1.29, 1.82) is 0 Å². The van der Waals surface area contributed by atoms with Crippen LogP contribution in [0.5, 0.6) is 5.75 Å². The van der Waals surface area contributed by atoms with Gasteiger partial charge in [0, 0.05) is 36.5 Å². The molecule has 3 N–H and O–H groups in total. The highest BCUT2D eigenvalue weighted by Crippen LogP contribution is 2.25. The lowest BCUT2D eigenvalue weighted by Gasteiger charge is -2.20. The summed E-state index contributed by atoms with van der Waals surface area (Å²) in [6, 6.07) is 12.2. The second-order valence-electron chi connectivity index (χ2n) is 7.44. The minimum atomic E-state index is -1.45. The van der Waals surface area contributed by atoms with Crippen LogP contribution < -0.4 is 10.5 Å². The van der Waals surface area contributed by atoms with Gasteiger partial charge in [-0.25, -0.2) is 9.97 Å². The van der Waals surface area contributed by atoms with Gasteiger partial charge in [-0.2, -0.15) is 0 Å². The molecule has 8 nitrogen and oxygen atoms in total. The average molecular weight is 444 g/mol. The van der Waals surface area contributed by atoms with Crippen LogP contribution in [-0.4, -0.2) is 58.6 Å². The molecule has 33 heavy (non-hydrogen) atoms. The monoisotopic (exact) mass is 444 g/mol. The molecule has 2 amide bonds. The van der Waals surface area contributed by atoms with Crippen LogP contribution in [0, 0.1) is 11.8 Å². The molecule has 0 aliphatic carbocycles. The number of hydrogen-bond donors (Lipinski definition) is 2. The first kappa shape index (κ1) is 23.4. The molecule has 0 bridgehead atoms. The predicted molar refractivity (Wildman–Crippen MR) is 125 cm³/mol. The third-order valence-corrected chi connectivity index (χ3v) is 5.04. The Balaban J connectivity index is 1.99. The number of nitrogens with two attached hydrogens (primary N) is 1. The summed E-state index contributed by atoms with van der Waals surface area (Å²) in [7, 11) is 3.15. The van der Waals surface area contributed by atoms with Crippen LogP contribution in [0.25, 0.3) is 22.3 Å². The van der Waals surface area contributed by atoms with Crippen molar-refractivity contribution in [2.24, 2.45) is 5.73 Å². The summed E-state index contributed by atoms with van der Waals surface area (Å²) in [6.45, 7) is 3.98. The Hall–Kier alpha value is -4.22. The maximum Gasteiger partial charge on any atom is 0.268 e. The summed E-state index contributed by atoms with van der Waals surface area (Å²) in [5.41, 5.74) is 5.98. The van der Waals surface area contributed by atoms with Gasteiger partial charge in [0.25, 0.3) is 5.91 Å². The van der Waals surface area contributed by atoms with Crippen LogP contribution in [0.15, 0.2) is 55.1 Å². The summed E-state index contributed by atoms with van der Waals surface area (Å²) >= 11 is 0. The summed E-state index contributed by atoms with van der Waals surface area (Å²) in [5, 5.41) is 11.1. The standard InChI is InChI=1S/C25H24N4O4/c1-4-25(32,12-13-29(2)16-30)11-10-17-6-5-7-18(14-17)24-27-21-9-8-19(33-3)15-20(21)22(28-24)23(26)31/h4-9,14-16,32H,1,12-13H2,2-3H3,(H2,26,31)/t25-/m0/s1. The average Bonchev–Trinajstić information content (AvgIpc) is 2.85.